The normalized spacial score (nSPS) is 15.0. The molecule has 0 aliphatic carbocycles. The van der Waals surface area contributed by atoms with Crippen molar-refractivity contribution in [3.63, 3.8) is 0 Å². The number of hydrogen-bond acceptors (Lipinski definition) is 6. The fourth-order valence-electron chi connectivity index (χ4n) is 3.46. The molecule has 0 spiro atoms. The van der Waals surface area contributed by atoms with E-state index < -0.39 is 5.25 Å². The number of aromatic nitrogens is 2. The summed E-state index contributed by atoms with van der Waals surface area (Å²) in [7, 11) is 0. The standard InChI is InChI=1S/C23H25N3O3S/c1-17-9-8-12-19(15-17)28-16-20-24-25-23(29-20)30-21(18-10-4-2-5-11-18)22(27)26-13-6-3-7-14-26/h2,4-5,8-12,15,21H,3,6-7,13-14,16H2,1H3. The van der Waals surface area contributed by atoms with Crippen LogP contribution in [-0.2, 0) is 11.4 Å². The molecule has 1 amide bonds. The lowest BCUT2D eigenvalue weighted by Crippen LogP contribution is -2.38. The SMILES string of the molecule is Cc1cccc(OCc2nnc(SC(C(=O)N3CCCCC3)c3ccccc3)o2)c1. The molecule has 156 valence electrons. The molecule has 0 bridgehead atoms. The molecule has 3 aromatic rings. The lowest BCUT2D eigenvalue weighted by atomic mass is 10.1. The van der Waals surface area contributed by atoms with Gasteiger partial charge in [0.1, 0.15) is 11.0 Å². The topological polar surface area (TPSA) is 68.5 Å². The van der Waals surface area contributed by atoms with E-state index in [0.717, 1.165) is 42.8 Å². The molecule has 1 saturated heterocycles. The van der Waals surface area contributed by atoms with Crippen LogP contribution in [0.2, 0.25) is 0 Å². The molecule has 7 heteroatoms. The van der Waals surface area contributed by atoms with Crippen LogP contribution < -0.4 is 4.74 Å². The number of aryl methyl sites for hydroxylation is 1. The number of likely N-dealkylation sites (tertiary alicyclic amines) is 1. The van der Waals surface area contributed by atoms with Gasteiger partial charge in [0.15, 0.2) is 6.61 Å². The van der Waals surface area contributed by atoms with Crippen molar-refractivity contribution in [1.29, 1.82) is 0 Å². The van der Waals surface area contributed by atoms with Gasteiger partial charge in [-0.15, -0.1) is 10.2 Å². The zero-order chi connectivity index (χ0) is 20.8. The summed E-state index contributed by atoms with van der Waals surface area (Å²) >= 11 is 1.30. The quantitative estimate of drug-likeness (QED) is 0.508. The first kappa shape index (κ1) is 20.5. The third-order valence-electron chi connectivity index (χ3n) is 5.01. The third kappa shape index (κ3) is 5.21. The van der Waals surface area contributed by atoms with Crippen LogP contribution in [0.5, 0.6) is 5.75 Å². The Morgan fingerprint density at radius 2 is 1.90 bits per heavy atom. The number of amides is 1. The van der Waals surface area contributed by atoms with E-state index in [1.807, 2.05) is 66.4 Å². The average molecular weight is 424 g/mol. The van der Waals surface area contributed by atoms with Crippen LogP contribution in [0.1, 0.15) is 41.5 Å². The first-order chi connectivity index (χ1) is 14.7. The minimum atomic E-state index is -0.407. The molecule has 4 rings (SSSR count). The highest BCUT2D eigenvalue weighted by molar-refractivity contribution is 8.00. The molecule has 2 heterocycles. The summed E-state index contributed by atoms with van der Waals surface area (Å²) in [6, 6.07) is 17.6. The van der Waals surface area contributed by atoms with Gasteiger partial charge < -0.3 is 14.1 Å². The van der Waals surface area contributed by atoms with Crippen LogP contribution in [0.3, 0.4) is 0 Å². The number of nitrogens with zero attached hydrogens (tertiary/aromatic N) is 3. The van der Waals surface area contributed by atoms with Crippen LogP contribution in [0.4, 0.5) is 0 Å². The van der Waals surface area contributed by atoms with E-state index in [2.05, 4.69) is 10.2 Å². The Balaban J connectivity index is 1.45. The summed E-state index contributed by atoms with van der Waals surface area (Å²) in [4.78, 5) is 15.2. The van der Waals surface area contributed by atoms with Gasteiger partial charge in [-0.3, -0.25) is 4.79 Å². The molecule has 1 atom stereocenters. The predicted octanol–water partition coefficient (Wildman–Crippen LogP) is 4.80. The Labute approximate surface area is 180 Å². The minimum absolute atomic E-state index is 0.0988. The van der Waals surface area contributed by atoms with Crippen LogP contribution in [0, 0.1) is 6.92 Å². The molecule has 6 nitrogen and oxygen atoms in total. The number of rotatable bonds is 7. The molecular weight excluding hydrogens is 398 g/mol. The highest BCUT2D eigenvalue weighted by atomic mass is 32.2. The number of hydrogen-bond donors (Lipinski definition) is 0. The van der Waals surface area contributed by atoms with Gasteiger partial charge in [0.05, 0.1) is 0 Å². The molecular formula is C23H25N3O3S. The monoisotopic (exact) mass is 423 g/mol. The number of piperidine rings is 1. The van der Waals surface area contributed by atoms with Gasteiger partial charge >= 0.3 is 0 Å². The summed E-state index contributed by atoms with van der Waals surface area (Å²) < 4.78 is 11.5. The summed E-state index contributed by atoms with van der Waals surface area (Å²) in [6.07, 6.45) is 3.29. The van der Waals surface area contributed by atoms with E-state index in [1.165, 1.54) is 18.2 Å². The summed E-state index contributed by atoms with van der Waals surface area (Å²) in [5.41, 5.74) is 2.06. The zero-order valence-electron chi connectivity index (χ0n) is 17.0. The molecule has 1 fully saturated rings. The Morgan fingerprint density at radius 3 is 2.67 bits per heavy atom. The maximum absolute atomic E-state index is 13.2. The van der Waals surface area contributed by atoms with Crippen molar-refractivity contribution < 1.29 is 13.9 Å². The maximum Gasteiger partial charge on any atom is 0.277 e. The van der Waals surface area contributed by atoms with Crippen LogP contribution in [0.15, 0.2) is 64.2 Å². The predicted molar refractivity (Wildman–Crippen MR) is 115 cm³/mol. The fraction of sp³-hybridized carbons (Fsp3) is 0.348. The average Bonchev–Trinajstić information content (AvgIpc) is 3.24. The summed E-state index contributed by atoms with van der Waals surface area (Å²) in [5, 5.41) is 8.18. The van der Waals surface area contributed by atoms with E-state index in [1.54, 1.807) is 0 Å². The van der Waals surface area contributed by atoms with Gasteiger partial charge in [-0.2, -0.15) is 0 Å². The molecule has 1 aromatic heterocycles. The minimum Gasteiger partial charge on any atom is -0.484 e. The summed E-state index contributed by atoms with van der Waals surface area (Å²) in [6.45, 7) is 3.81. The first-order valence-electron chi connectivity index (χ1n) is 10.2. The number of carbonyl (C=O) groups is 1. The lowest BCUT2D eigenvalue weighted by molar-refractivity contribution is -0.131. The van der Waals surface area contributed by atoms with E-state index in [9.17, 15) is 4.79 Å². The second-order valence-electron chi connectivity index (χ2n) is 7.36. The van der Waals surface area contributed by atoms with E-state index in [4.69, 9.17) is 9.15 Å². The molecule has 1 aliphatic heterocycles. The van der Waals surface area contributed by atoms with Crippen molar-refractivity contribution in [1.82, 2.24) is 15.1 Å². The molecule has 1 aliphatic rings. The van der Waals surface area contributed by atoms with Crippen molar-refractivity contribution in [3.05, 3.63) is 71.6 Å². The Morgan fingerprint density at radius 1 is 1.10 bits per heavy atom. The summed E-state index contributed by atoms with van der Waals surface area (Å²) in [5.74, 6) is 1.24. The smallest absolute Gasteiger partial charge is 0.277 e. The van der Waals surface area contributed by atoms with E-state index >= 15 is 0 Å². The van der Waals surface area contributed by atoms with Crippen molar-refractivity contribution in [2.45, 2.75) is 43.3 Å². The molecule has 1 unspecified atom stereocenters. The van der Waals surface area contributed by atoms with Crippen molar-refractivity contribution in [3.8, 4) is 5.75 Å². The molecule has 2 aromatic carbocycles. The Hall–Kier alpha value is -2.80. The Bertz CT molecular complexity index is 971. The third-order valence-corrected chi connectivity index (χ3v) is 6.09. The largest absolute Gasteiger partial charge is 0.484 e. The van der Waals surface area contributed by atoms with Gasteiger partial charge in [0.2, 0.25) is 5.91 Å². The van der Waals surface area contributed by atoms with Gasteiger partial charge in [-0.25, -0.2) is 0 Å². The maximum atomic E-state index is 13.2. The van der Waals surface area contributed by atoms with E-state index in [0.29, 0.717) is 11.1 Å². The van der Waals surface area contributed by atoms with Crippen LogP contribution in [0.25, 0.3) is 0 Å². The van der Waals surface area contributed by atoms with Crippen molar-refractivity contribution >= 4 is 17.7 Å². The van der Waals surface area contributed by atoms with Crippen molar-refractivity contribution in [2.24, 2.45) is 0 Å². The van der Waals surface area contributed by atoms with Crippen LogP contribution >= 0.6 is 11.8 Å². The Kier molecular flexibility index (Phi) is 6.69. The molecule has 0 N–H and O–H groups in total. The van der Waals surface area contributed by atoms with E-state index in [-0.39, 0.29) is 12.5 Å². The van der Waals surface area contributed by atoms with Gasteiger partial charge in [-0.1, -0.05) is 42.5 Å². The van der Waals surface area contributed by atoms with Crippen LogP contribution in [-0.4, -0.2) is 34.1 Å². The lowest BCUT2D eigenvalue weighted by Gasteiger charge is -2.29. The van der Waals surface area contributed by atoms with Gasteiger partial charge in [-0.05, 0) is 61.2 Å². The first-order valence-corrected chi connectivity index (χ1v) is 11.1. The molecule has 0 radical (unpaired) electrons. The second-order valence-corrected chi connectivity index (χ2v) is 8.42. The highest BCUT2D eigenvalue weighted by Crippen LogP contribution is 2.36. The van der Waals surface area contributed by atoms with Gasteiger partial charge in [0.25, 0.3) is 11.1 Å². The van der Waals surface area contributed by atoms with Gasteiger partial charge in [0, 0.05) is 13.1 Å². The number of benzene rings is 2. The number of ether oxygens (including phenoxy) is 1. The second kappa shape index (κ2) is 9.80. The zero-order valence-corrected chi connectivity index (χ0v) is 17.8. The number of carbonyl (C=O) groups excluding carboxylic acids is 1. The fourth-order valence-corrected chi connectivity index (χ4v) is 4.44. The van der Waals surface area contributed by atoms with Crippen molar-refractivity contribution in [2.75, 3.05) is 13.1 Å². The number of thioether (sulfide) groups is 1. The molecule has 0 saturated carbocycles. The highest BCUT2D eigenvalue weighted by Gasteiger charge is 2.29. The molecule has 30 heavy (non-hydrogen) atoms.